The van der Waals surface area contributed by atoms with Crippen LogP contribution < -0.4 is 0 Å². The van der Waals surface area contributed by atoms with E-state index in [1.54, 1.807) is 20.8 Å². The number of aliphatic hydroxyl groups excluding tert-OH is 1. The van der Waals surface area contributed by atoms with Gasteiger partial charge in [-0.05, 0) is 32.4 Å². The number of terminal acetylenes is 1. The summed E-state index contributed by atoms with van der Waals surface area (Å²) in [6.45, 7) is 4.89. The first-order valence-corrected chi connectivity index (χ1v) is 4.27. The monoisotopic (exact) mass is 196 g/mol. The fourth-order valence-electron chi connectivity index (χ4n) is 1.15. The molecule has 0 saturated carbocycles. The summed E-state index contributed by atoms with van der Waals surface area (Å²) >= 11 is 0. The minimum absolute atomic E-state index is 0.463. The molecule has 1 N–H and O–H groups in total. The smallest absolute Gasteiger partial charge is 0.314 e. The van der Waals surface area contributed by atoms with Crippen LogP contribution >= 0.6 is 0 Å². The number of esters is 1. The van der Waals surface area contributed by atoms with Crippen LogP contribution in [0.2, 0.25) is 0 Å². The van der Waals surface area contributed by atoms with Gasteiger partial charge in [-0.15, -0.1) is 6.42 Å². The molecule has 0 aliphatic rings. The lowest BCUT2D eigenvalue weighted by Gasteiger charge is -2.27. The van der Waals surface area contributed by atoms with Gasteiger partial charge in [-0.3, -0.25) is 4.79 Å². The molecule has 14 heavy (non-hydrogen) atoms. The second kappa shape index (κ2) is 4.83. The second-order valence-corrected chi connectivity index (χ2v) is 3.67. The summed E-state index contributed by atoms with van der Waals surface area (Å²) < 4.78 is 4.59. The topological polar surface area (TPSA) is 46.5 Å². The van der Waals surface area contributed by atoms with E-state index in [1.807, 2.05) is 0 Å². The highest BCUT2D eigenvalue weighted by atomic mass is 16.5. The lowest BCUT2D eigenvalue weighted by atomic mass is 9.83. The van der Waals surface area contributed by atoms with E-state index >= 15 is 0 Å². The molecule has 0 rings (SSSR count). The second-order valence-electron chi connectivity index (χ2n) is 3.67. The quantitative estimate of drug-likeness (QED) is 0.543. The predicted molar refractivity (Wildman–Crippen MR) is 54.4 cm³/mol. The fraction of sp³-hybridized carbons (Fsp3) is 0.545. The van der Waals surface area contributed by atoms with Crippen molar-refractivity contribution in [2.75, 3.05) is 7.11 Å². The van der Waals surface area contributed by atoms with Crippen molar-refractivity contribution in [2.45, 2.75) is 26.9 Å². The standard InChI is InChI=1S/C11H16O3/c1-6-7-8(2)9(12)11(3,4)10(13)14-5/h1,7,9,12H,2-5H3/b8-7+/t9-/m1/s1. The molecule has 0 fully saturated rings. The number of allylic oxidation sites excluding steroid dienone is 1. The van der Waals surface area contributed by atoms with Gasteiger partial charge < -0.3 is 9.84 Å². The van der Waals surface area contributed by atoms with Crippen molar-refractivity contribution in [1.29, 1.82) is 0 Å². The maximum Gasteiger partial charge on any atom is 0.314 e. The van der Waals surface area contributed by atoms with Gasteiger partial charge in [0.15, 0.2) is 0 Å². The van der Waals surface area contributed by atoms with Gasteiger partial charge in [0.1, 0.15) is 0 Å². The van der Waals surface area contributed by atoms with Gasteiger partial charge in [-0.1, -0.05) is 5.92 Å². The van der Waals surface area contributed by atoms with Gasteiger partial charge in [-0.2, -0.15) is 0 Å². The summed E-state index contributed by atoms with van der Waals surface area (Å²) in [7, 11) is 1.29. The Balaban J connectivity index is 4.85. The largest absolute Gasteiger partial charge is 0.469 e. The molecule has 0 aliphatic carbocycles. The number of carbonyl (C=O) groups is 1. The van der Waals surface area contributed by atoms with E-state index in [1.165, 1.54) is 13.2 Å². The molecule has 0 aromatic heterocycles. The zero-order chi connectivity index (χ0) is 11.4. The Morgan fingerprint density at radius 1 is 1.64 bits per heavy atom. The first-order valence-electron chi connectivity index (χ1n) is 4.27. The van der Waals surface area contributed by atoms with Crippen LogP contribution in [0.1, 0.15) is 20.8 Å². The zero-order valence-corrected chi connectivity index (χ0v) is 9.00. The van der Waals surface area contributed by atoms with Gasteiger partial charge in [0.25, 0.3) is 0 Å². The Morgan fingerprint density at radius 3 is 2.50 bits per heavy atom. The SMILES string of the molecule is C#C/C=C(\C)[C@@H](O)C(C)(C)C(=O)OC. The van der Waals surface area contributed by atoms with E-state index in [0.717, 1.165) is 0 Å². The number of methoxy groups -OCH3 is 1. The Morgan fingerprint density at radius 2 is 2.14 bits per heavy atom. The molecular formula is C11H16O3. The van der Waals surface area contributed by atoms with Crippen molar-refractivity contribution in [2.24, 2.45) is 5.41 Å². The minimum atomic E-state index is -0.980. The van der Waals surface area contributed by atoms with Crippen molar-refractivity contribution in [1.82, 2.24) is 0 Å². The number of aliphatic hydroxyl groups is 1. The van der Waals surface area contributed by atoms with Crippen LogP contribution in [0.4, 0.5) is 0 Å². The molecule has 0 amide bonds. The van der Waals surface area contributed by atoms with Crippen molar-refractivity contribution < 1.29 is 14.6 Å². The van der Waals surface area contributed by atoms with Crippen LogP contribution in [0.25, 0.3) is 0 Å². The van der Waals surface area contributed by atoms with Gasteiger partial charge >= 0.3 is 5.97 Å². The van der Waals surface area contributed by atoms with E-state index in [9.17, 15) is 9.90 Å². The molecule has 0 aromatic carbocycles. The molecule has 0 unspecified atom stereocenters. The Bertz CT molecular complexity index is 281. The van der Waals surface area contributed by atoms with Crippen LogP contribution in [0, 0.1) is 17.8 Å². The summed E-state index contributed by atoms with van der Waals surface area (Å²) in [6, 6.07) is 0. The molecule has 0 bridgehead atoms. The number of hydrogen-bond donors (Lipinski definition) is 1. The minimum Gasteiger partial charge on any atom is -0.469 e. The third kappa shape index (κ3) is 2.61. The van der Waals surface area contributed by atoms with Crippen LogP contribution in [-0.4, -0.2) is 24.3 Å². The summed E-state index contributed by atoms with van der Waals surface area (Å²) in [5.41, 5.74) is -0.408. The van der Waals surface area contributed by atoms with Crippen molar-refractivity contribution in [3.8, 4) is 12.3 Å². The third-order valence-electron chi connectivity index (χ3n) is 2.14. The lowest BCUT2D eigenvalue weighted by molar-refractivity contribution is -0.155. The summed E-state index contributed by atoms with van der Waals surface area (Å²) in [6.07, 6.45) is 5.58. The Hall–Kier alpha value is -1.27. The van der Waals surface area contributed by atoms with Crippen LogP contribution in [0.5, 0.6) is 0 Å². The summed E-state index contributed by atoms with van der Waals surface area (Å²) in [4.78, 5) is 11.3. The third-order valence-corrected chi connectivity index (χ3v) is 2.14. The molecule has 0 aliphatic heterocycles. The highest BCUT2D eigenvalue weighted by Crippen LogP contribution is 2.26. The normalized spacial score (nSPS) is 14.4. The fourth-order valence-corrected chi connectivity index (χ4v) is 1.15. The van der Waals surface area contributed by atoms with Crippen LogP contribution in [-0.2, 0) is 9.53 Å². The summed E-state index contributed by atoms with van der Waals surface area (Å²) in [5, 5.41) is 9.81. The maximum absolute atomic E-state index is 11.3. The number of hydrogen-bond acceptors (Lipinski definition) is 3. The van der Waals surface area contributed by atoms with Crippen molar-refractivity contribution in [3.05, 3.63) is 11.6 Å². The zero-order valence-electron chi connectivity index (χ0n) is 9.00. The van der Waals surface area contributed by atoms with E-state index < -0.39 is 17.5 Å². The molecule has 3 heteroatoms. The van der Waals surface area contributed by atoms with Crippen LogP contribution in [0.15, 0.2) is 11.6 Å². The lowest BCUT2D eigenvalue weighted by Crippen LogP contribution is -2.38. The van der Waals surface area contributed by atoms with Gasteiger partial charge in [-0.25, -0.2) is 0 Å². The number of rotatable bonds is 3. The van der Waals surface area contributed by atoms with E-state index in [-0.39, 0.29) is 0 Å². The summed E-state index contributed by atoms with van der Waals surface area (Å²) in [5.74, 6) is 1.84. The van der Waals surface area contributed by atoms with E-state index in [4.69, 9.17) is 6.42 Å². The highest BCUT2D eigenvalue weighted by Gasteiger charge is 2.37. The molecule has 0 radical (unpaired) electrons. The molecule has 0 spiro atoms. The molecular weight excluding hydrogens is 180 g/mol. The number of carbonyl (C=O) groups excluding carboxylic acids is 1. The Kier molecular flexibility index (Phi) is 4.39. The molecule has 0 heterocycles. The Labute approximate surface area is 84.8 Å². The van der Waals surface area contributed by atoms with Gasteiger partial charge in [0.05, 0.1) is 18.6 Å². The first kappa shape index (κ1) is 12.7. The van der Waals surface area contributed by atoms with Crippen molar-refractivity contribution >= 4 is 5.97 Å². The van der Waals surface area contributed by atoms with E-state index in [0.29, 0.717) is 5.57 Å². The highest BCUT2D eigenvalue weighted by molar-refractivity contribution is 5.77. The predicted octanol–water partition coefficient (Wildman–Crippen LogP) is 1.13. The van der Waals surface area contributed by atoms with Crippen LogP contribution in [0.3, 0.4) is 0 Å². The van der Waals surface area contributed by atoms with Crippen molar-refractivity contribution in [3.63, 3.8) is 0 Å². The average molecular weight is 196 g/mol. The molecule has 3 nitrogen and oxygen atoms in total. The molecule has 0 saturated heterocycles. The first-order chi connectivity index (χ1) is 6.37. The maximum atomic E-state index is 11.3. The van der Waals surface area contributed by atoms with Gasteiger partial charge in [0, 0.05) is 0 Å². The van der Waals surface area contributed by atoms with E-state index in [2.05, 4.69) is 10.7 Å². The van der Waals surface area contributed by atoms with Gasteiger partial charge in [0.2, 0.25) is 0 Å². The molecule has 1 atom stereocenters. The number of ether oxygens (including phenoxy) is 1. The molecule has 0 aromatic rings. The average Bonchev–Trinajstić information content (AvgIpc) is 2.15. The molecule has 78 valence electrons.